The van der Waals surface area contributed by atoms with Crippen LogP contribution in [0.3, 0.4) is 0 Å². The van der Waals surface area contributed by atoms with Crippen molar-refractivity contribution in [2.45, 2.75) is 77.3 Å². The van der Waals surface area contributed by atoms with Crippen molar-refractivity contribution in [2.24, 2.45) is 17.6 Å². The van der Waals surface area contributed by atoms with E-state index in [0.29, 0.717) is 12.1 Å². The maximum Gasteiger partial charge on any atom is 0.0249 e. The second-order valence-electron chi connectivity index (χ2n) is 6.85. The zero-order valence-electron chi connectivity index (χ0n) is 12.4. The largest absolute Gasteiger partial charge is 0.326 e. The monoisotopic (exact) mass is 252 g/mol. The van der Waals surface area contributed by atoms with Gasteiger partial charge in [-0.05, 0) is 57.0 Å². The van der Waals surface area contributed by atoms with E-state index >= 15 is 0 Å². The standard InChI is InChI=1S/C16H32N2/c1-13(2)14-8-9-15(17)16(12-14)18-10-6-4-3-5-7-11-18/h13-16H,3-12,17H2,1-2H3. The molecule has 106 valence electrons. The van der Waals surface area contributed by atoms with Crippen molar-refractivity contribution in [2.75, 3.05) is 13.1 Å². The molecule has 3 atom stereocenters. The van der Waals surface area contributed by atoms with Crippen molar-refractivity contribution in [3.63, 3.8) is 0 Å². The highest BCUT2D eigenvalue weighted by molar-refractivity contribution is 4.90. The summed E-state index contributed by atoms with van der Waals surface area (Å²) < 4.78 is 0. The molecule has 18 heavy (non-hydrogen) atoms. The van der Waals surface area contributed by atoms with Crippen molar-refractivity contribution in [1.29, 1.82) is 0 Å². The number of rotatable bonds is 2. The first-order valence-corrected chi connectivity index (χ1v) is 8.18. The summed E-state index contributed by atoms with van der Waals surface area (Å²) in [5.74, 6) is 1.73. The quantitative estimate of drug-likeness (QED) is 0.816. The second kappa shape index (κ2) is 6.91. The normalized spacial score (nSPS) is 36.3. The summed E-state index contributed by atoms with van der Waals surface area (Å²) in [4.78, 5) is 2.73. The zero-order valence-corrected chi connectivity index (χ0v) is 12.4. The van der Waals surface area contributed by atoms with E-state index in [1.54, 1.807) is 0 Å². The molecule has 2 rings (SSSR count). The van der Waals surface area contributed by atoms with Gasteiger partial charge in [0, 0.05) is 12.1 Å². The van der Waals surface area contributed by atoms with Gasteiger partial charge in [-0.25, -0.2) is 0 Å². The highest BCUT2D eigenvalue weighted by Gasteiger charge is 2.33. The molecule has 0 aromatic rings. The molecule has 1 aliphatic carbocycles. The molecule has 0 spiro atoms. The van der Waals surface area contributed by atoms with E-state index in [9.17, 15) is 0 Å². The number of nitrogens with zero attached hydrogens (tertiary/aromatic N) is 1. The van der Waals surface area contributed by atoms with Gasteiger partial charge in [-0.15, -0.1) is 0 Å². The number of nitrogens with two attached hydrogens (primary N) is 1. The summed E-state index contributed by atoms with van der Waals surface area (Å²) >= 11 is 0. The van der Waals surface area contributed by atoms with E-state index in [-0.39, 0.29) is 0 Å². The van der Waals surface area contributed by atoms with Gasteiger partial charge in [0.2, 0.25) is 0 Å². The summed E-state index contributed by atoms with van der Waals surface area (Å²) in [6.45, 7) is 7.35. The Labute approximate surface area is 113 Å². The third kappa shape index (κ3) is 3.71. The Morgan fingerprint density at radius 1 is 0.944 bits per heavy atom. The molecule has 1 heterocycles. The molecule has 2 N–H and O–H groups in total. The fourth-order valence-corrected chi connectivity index (χ4v) is 3.83. The van der Waals surface area contributed by atoms with Gasteiger partial charge in [0.05, 0.1) is 0 Å². The van der Waals surface area contributed by atoms with Crippen LogP contribution in [0.1, 0.15) is 65.2 Å². The van der Waals surface area contributed by atoms with E-state index in [1.165, 1.54) is 64.5 Å². The van der Waals surface area contributed by atoms with Crippen LogP contribution in [0.2, 0.25) is 0 Å². The Morgan fingerprint density at radius 2 is 1.56 bits per heavy atom. The molecule has 0 bridgehead atoms. The van der Waals surface area contributed by atoms with Crippen LogP contribution in [0.25, 0.3) is 0 Å². The maximum absolute atomic E-state index is 6.42. The van der Waals surface area contributed by atoms with E-state index in [1.807, 2.05) is 0 Å². The second-order valence-corrected chi connectivity index (χ2v) is 6.85. The van der Waals surface area contributed by atoms with Crippen molar-refractivity contribution in [3.8, 4) is 0 Å². The highest BCUT2D eigenvalue weighted by Crippen LogP contribution is 2.32. The first-order chi connectivity index (χ1) is 8.68. The summed E-state index contributed by atoms with van der Waals surface area (Å²) in [7, 11) is 0. The molecule has 2 fully saturated rings. The third-order valence-corrected chi connectivity index (χ3v) is 5.21. The topological polar surface area (TPSA) is 29.3 Å². The van der Waals surface area contributed by atoms with Crippen LogP contribution in [0.5, 0.6) is 0 Å². The molecule has 2 aliphatic rings. The third-order valence-electron chi connectivity index (χ3n) is 5.21. The molecule has 0 amide bonds. The zero-order chi connectivity index (χ0) is 13.0. The van der Waals surface area contributed by atoms with E-state index < -0.39 is 0 Å². The molecular weight excluding hydrogens is 220 g/mol. The van der Waals surface area contributed by atoms with Crippen molar-refractivity contribution < 1.29 is 0 Å². The Morgan fingerprint density at radius 3 is 2.17 bits per heavy atom. The summed E-state index contributed by atoms with van der Waals surface area (Å²) in [5, 5.41) is 0. The number of likely N-dealkylation sites (tertiary alicyclic amines) is 1. The average Bonchev–Trinajstić information content (AvgIpc) is 2.29. The summed E-state index contributed by atoms with van der Waals surface area (Å²) in [5.41, 5.74) is 6.42. The van der Waals surface area contributed by atoms with Crippen LogP contribution in [0, 0.1) is 11.8 Å². The van der Waals surface area contributed by atoms with Crippen LogP contribution >= 0.6 is 0 Å². The first kappa shape index (κ1) is 14.3. The molecule has 2 nitrogen and oxygen atoms in total. The van der Waals surface area contributed by atoms with E-state index in [2.05, 4.69) is 18.7 Å². The van der Waals surface area contributed by atoms with Gasteiger partial charge >= 0.3 is 0 Å². The number of hydrogen-bond donors (Lipinski definition) is 1. The smallest absolute Gasteiger partial charge is 0.0249 e. The molecule has 1 saturated heterocycles. The molecule has 1 saturated carbocycles. The lowest BCUT2D eigenvalue weighted by Crippen LogP contribution is -2.52. The minimum Gasteiger partial charge on any atom is -0.326 e. The molecule has 0 radical (unpaired) electrons. The lowest BCUT2D eigenvalue weighted by atomic mass is 9.76. The SMILES string of the molecule is CC(C)C1CCC(N)C(N2CCCCCCC2)C1. The van der Waals surface area contributed by atoms with Crippen LogP contribution in [0.15, 0.2) is 0 Å². The Hall–Kier alpha value is -0.0800. The lowest BCUT2D eigenvalue weighted by Gasteiger charge is -2.43. The van der Waals surface area contributed by atoms with Crippen LogP contribution in [0.4, 0.5) is 0 Å². The van der Waals surface area contributed by atoms with Crippen molar-refractivity contribution >= 4 is 0 Å². The Balaban J connectivity index is 1.94. The van der Waals surface area contributed by atoms with Crippen LogP contribution in [-0.2, 0) is 0 Å². The maximum atomic E-state index is 6.42. The van der Waals surface area contributed by atoms with Gasteiger partial charge in [0.15, 0.2) is 0 Å². The predicted molar refractivity (Wildman–Crippen MR) is 78.6 cm³/mol. The molecule has 1 aliphatic heterocycles. The van der Waals surface area contributed by atoms with Gasteiger partial charge in [0.25, 0.3) is 0 Å². The number of hydrogen-bond acceptors (Lipinski definition) is 2. The Bertz CT molecular complexity index is 231. The summed E-state index contributed by atoms with van der Waals surface area (Å²) in [6.07, 6.45) is 11.0. The van der Waals surface area contributed by atoms with Gasteiger partial charge in [-0.1, -0.05) is 33.1 Å². The van der Waals surface area contributed by atoms with Gasteiger partial charge in [-0.3, -0.25) is 4.90 Å². The van der Waals surface area contributed by atoms with Crippen molar-refractivity contribution in [1.82, 2.24) is 4.90 Å². The molecule has 0 aromatic carbocycles. The van der Waals surface area contributed by atoms with Crippen LogP contribution < -0.4 is 5.73 Å². The molecule has 0 aromatic heterocycles. The van der Waals surface area contributed by atoms with Crippen molar-refractivity contribution in [3.05, 3.63) is 0 Å². The van der Waals surface area contributed by atoms with Gasteiger partial charge in [-0.2, -0.15) is 0 Å². The molecule has 3 unspecified atom stereocenters. The molecular formula is C16H32N2. The molecule has 2 heteroatoms. The lowest BCUT2D eigenvalue weighted by molar-refractivity contribution is 0.0893. The predicted octanol–water partition coefficient (Wildman–Crippen LogP) is 3.40. The minimum absolute atomic E-state index is 0.430. The first-order valence-electron chi connectivity index (χ1n) is 8.18. The summed E-state index contributed by atoms with van der Waals surface area (Å²) in [6, 6.07) is 1.10. The van der Waals surface area contributed by atoms with E-state index in [4.69, 9.17) is 5.73 Å². The Kier molecular flexibility index (Phi) is 5.50. The fourth-order valence-electron chi connectivity index (χ4n) is 3.83. The van der Waals surface area contributed by atoms with Gasteiger partial charge in [0.1, 0.15) is 0 Å². The fraction of sp³-hybridized carbons (Fsp3) is 1.00. The minimum atomic E-state index is 0.430. The highest BCUT2D eigenvalue weighted by atomic mass is 15.2. The average molecular weight is 252 g/mol. The van der Waals surface area contributed by atoms with Gasteiger partial charge < -0.3 is 5.73 Å². The van der Waals surface area contributed by atoms with Crippen LogP contribution in [-0.4, -0.2) is 30.1 Å². The van der Waals surface area contributed by atoms with E-state index in [0.717, 1.165) is 11.8 Å².